The maximum Gasteiger partial charge on any atom is 0.244 e. The fourth-order valence-electron chi connectivity index (χ4n) is 1.47. The summed E-state index contributed by atoms with van der Waals surface area (Å²) in [6.07, 6.45) is 5.96. The van der Waals surface area contributed by atoms with Gasteiger partial charge in [0.25, 0.3) is 0 Å². The highest BCUT2D eigenvalue weighted by Gasteiger charge is 2.09. The molecule has 2 rings (SSSR count). The molecule has 2 heterocycles. The van der Waals surface area contributed by atoms with Crippen LogP contribution in [0, 0.1) is 0 Å². The monoisotopic (exact) mass is 283 g/mol. The predicted octanol–water partition coefficient (Wildman–Crippen LogP) is 2.98. The number of carbonyl (C=O) groups is 1. The van der Waals surface area contributed by atoms with Gasteiger partial charge in [-0.1, -0.05) is 18.5 Å². The van der Waals surface area contributed by atoms with Crippen molar-refractivity contribution in [1.29, 1.82) is 0 Å². The molecule has 18 heavy (non-hydrogen) atoms. The minimum absolute atomic E-state index is 0.120. The molecule has 0 aliphatic rings. The number of hydrogen-bond acceptors (Lipinski definition) is 3. The van der Waals surface area contributed by atoms with Crippen LogP contribution in [0.1, 0.15) is 26.0 Å². The fourth-order valence-corrected chi connectivity index (χ4v) is 2.48. The van der Waals surface area contributed by atoms with E-state index in [4.69, 9.17) is 11.6 Å². The third kappa shape index (κ3) is 2.73. The van der Waals surface area contributed by atoms with Gasteiger partial charge < -0.3 is 5.32 Å². The molecule has 2 aromatic rings. The molecule has 1 amide bonds. The lowest BCUT2D eigenvalue weighted by molar-refractivity contribution is -0.117. The molecule has 0 radical (unpaired) electrons. The Labute approximate surface area is 114 Å². The minimum Gasteiger partial charge on any atom is -0.350 e. The first-order chi connectivity index (χ1) is 8.61. The van der Waals surface area contributed by atoms with E-state index in [9.17, 15) is 4.79 Å². The Hall–Kier alpha value is -1.33. The molecule has 0 bridgehead atoms. The highest BCUT2D eigenvalue weighted by Crippen LogP contribution is 2.22. The van der Waals surface area contributed by atoms with E-state index in [1.807, 2.05) is 29.8 Å². The van der Waals surface area contributed by atoms with Crippen molar-refractivity contribution in [1.82, 2.24) is 14.7 Å². The minimum atomic E-state index is -0.120. The summed E-state index contributed by atoms with van der Waals surface area (Å²) in [5, 5.41) is 5.19. The summed E-state index contributed by atoms with van der Waals surface area (Å²) in [5.74, 6) is -0.120. The van der Waals surface area contributed by atoms with Gasteiger partial charge in [0.05, 0.1) is 5.69 Å². The molecule has 0 unspecified atom stereocenters. The van der Waals surface area contributed by atoms with Gasteiger partial charge >= 0.3 is 0 Å². The van der Waals surface area contributed by atoms with Gasteiger partial charge in [-0.05, 0) is 19.4 Å². The van der Waals surface area contributed by atoms with Gasteiger partial charge in [0, 0.05) is 23.7 Å². The zero-order chi connectivity index (χ0) is 13.1. The SMILES string of the molecule is CC[C@@H](C)NC(=O)/C=C\c1c(Cl)nc2sccn12. The Morgan fingerprint density at radius 2 is 2.50 bits per heavy atom. The second kappa shape index (κ2) is 5.54. The molecular weight excluding hydrogens is 270 g/mol. The van der Waals surface area contributed by atoms with Crippen molar-refractivity contribution in [3.8, 4) is 0 Å². The number of thiazole rings is 1. The summed E-state index contributed by atoms with van der Waals surface area (Å²) in [4.78, 5) is 16.6. The Balaban J connectivity index is 2.15. The van der Waals surface area contributed by atoms with Gasteiger partial charge in [-0.2, -0.15) is 0 Å². The number of carbonyl (C=O) groups excluding carboxylic acids is 1. The quantitative estimate of drug-likeness (QED) is 0.877. The molecule has 1 atom stereocenters. The maximum atomic E-state index is 11.6. The van der Waals surface area contributed by atoms with Gasteiger partial charge in [-0.3, -0.25) is 9.20 Å². The predicted molar refractivity (Wildman–Crippen MR) is 75.0 cm³/mol. The van der Waals surface area contributed by atoms with Crippen molar-refractivity contribution in [3.63, 3.8) is 0 Å². The van der Waals surface area contributed by atoms with Gasteiger partial charge in [-0.25, -0.2) is 4.98 Å². The first-order valence-corrected chi connectivity index (χ1v) is 6.97. The smallest absolute Gasteiger partial charge is 0.244 e. The van der Waals surface area contributed by atoms with Crippen LogP contribution in [0.3, 0.4) is 0 Å². The number of aromatic nitrogens is 2. The zero-order valence-electron chi connectivity index (χ0n) is 10.2. The molecular formula is C12H14ClN3OS. The molecule has 0 saturated carbocycles. The van der Waals surface area contributed by atoms with Crippen molar-refractivity contribution < 1.29 is 4.79 Å². The molecule has 0 aliphatic heterocycles. The summed E-state index contributed by atoms with van der Waals surface area (Å²) in [5.41, 5.74) is 0.729. The Bertz CT molecular complexity index is 587. The molecule has 1 N–H and O–H groups in total. The third-order valence-electron chi connectivity index (χ3n) is 2.65. The molecule has 0 aliphatic carbocycles. The van der Waals surface area contributed by atoms with Crippen LogP contribution in [0.5, 0.6) is 0 Å². The van der Waals surface area contributed by atoms with Crippen molar-refractivity contribution in [2.45, 2.75) is 26.3 Å². The lowest BCUT2D eigenvalue weighted by Gasteiger charge is -2.08. The molecule has 0 spiro atoms. The lowest BCUT2D eigenvalue weighted by atomic mass is 10.2. The number of amides is 1. The summed E-state index contributed by atoms with van der Waals surface area (Å²) in [6, 6.07) is 0.171. The Morgan fingerprint density at radius 3 is 3.22 bits per heavy atom. The summed E-state index contributed by atoms with van der Waals surface area (Å²) < 4.78 is 1.86. The molecule has 0 saturated heterocycles. The van der Waals surface area contributed by atoms with Crippen LogP contribution < -0.4 is 5.32 Å². The van der Waals surface area contributed by atoms with Crippen LogP contribution in [0.15, 0.2) is 17.7 Å². The average Bonchev–Trinajstić information content (AvgIpc) is 2.87. The van der Waals surface area contributed by atoms with Crippen LogP contribution >= 0.6 is 22.9 Å². The molecule has 0 fully saturated rings. The second-order valence-corrected chi connectivity index (χ2v) is 5.23. The number of nitrogens with zero attached hydrogens (tertiary/aromatic N) is 2. The zero-order valence-corrected chi connectivity index (χ0v) is 11.8. The number of rotatable bonds is 4. The van der Waals surface area contributed by atoms with Crippen LogP contribution in [0.2, 0.25) is 5.15 Å². The lowest BCUT2D eigenvalue weighted by Crippen LogP contribution is -2.30. The number of hydrogen-bond donors (Lipinski definition) is 1. The number of halogens is 1. The van der Waals surface area contributed by atoms with E-state index < -0.39 is 0 Å². The van der Waals surface area contributed by atoms with Crippen molar-refractivity contribution in [3.05, 3.63) is 28.5 Å². The number of fused-ring (bicyclic) bond motifs is 1. The Kier molecular flexibility index (Phi) is 4.04. The van der Waals surface area contributed by atoms with E-state index in [1.54, 1.807) is 6.08 Å². The highest BCUT2D eigenvalue weighted by molar-refractivity contribution is 7.15. The second-order valence-electron chi connectivity index (χ2n) is 3.99. The van der Waals surface area contributed by atoms with Gasteiger partial charge in [0.15, 0.2) is 10.1 Å². The molecule has 2 aromatic heterocycles. The maximum absolute atomic E-state index is 11.6. The van der Waals surface area contributed by atoms with Crippen LogP contribution in [0.25, 0.3) is 11.0 Å². The first kappa shape index (κ1) is 13.1. The largest absolute Gasteiger partial charge is 0.350 e. The summed E-state index contributed by atoms with van der Waals surface area (Å²) in [7, 11) is 0. The number of nitrogens with one attached hydrogen (secondary N) is 1. The van der Waals surface area contributed by atoms with Crippen LogP contribution in [-0.2, 0) is 4.79 Å². The van der Waals surface area contributed by atoms with Crippen molar-refractivity contribution in [2.75, 3.05) is 0 Å². The van der Waals surface area contributed by atoms with E-state index >= 15 is 0 Å². The average molecular weight is 284 g/mol. The van der Waals surface area contributed by atoms with E-state index in [0.717, 1.165) is 17.1 Å². The molecule has 96 valence electrons. The van der Waals surface area contributed by atoms with Crippen LogP contribution in [-0.4, -0.2) is 21.3 Å². The fraction of sp³-hybridized carbons (Fsp3) is 0.333. The third-order valence-corrected chi connectivity index (χ3v) is 3.68. The Morgan fingerprint density at radius 1 is 1.72 bits per heavy atom. The highest BCUT2D eigenvalue weighted by atomic mass is 35.5. The van der Waals surface area contributed by atoms with E-state index in [-0.39, 0.29) is 11.9 Å². The van der Waals surface area contributed by atoms with Crippen molar-refractivity contribution in [2.24, 2.45) is 0 Å². The summed E-state index contributed by atoms with van der Waals surface area (Å²) >= 11 is 7.52. The van der Waals surface area contributed by atoms with Crippen molar-refractivity contribution >= 4 is 39.9 Å². The van der Waals surface area contributed by atoms with Gasteiger partial charge in [0.1, 0.15) is 0 Å². The molecule has 4 nitrogen and oxygen atoms in total. The van der Waals surface area contributed by atoms with Gasteiger partial charge in [-0.15, -0.1) is 11.3 Å². The van der Waals surface area contributed by atoms with E-state index in [2.05, 4.69) is 10.3 Å². The standard InChI is InChI=1S/C12H14ClN3OS/c1-3-8(2)14-10(17)5-4-9-11(13)15-12-16(9)6-7-18-12/h4-8H,3H2,1-2H3,(H,14,17)/b5-4-/t8-/m1/s1. The van der Waals surface area contributed by atoms with Gasteiger partial charge in [0.2, 0.25) is 5.91 Å². The van der Waals surface area contributed by atoms with E-state index in [0.29, 0.717) is 5.15 Å². The topological polar surface area (TPSA) is 46.4 Å². The first-order valence-electron chi connectivity index (χ1n) is 5.71. The van der Waals surface area contributed by atoms with Crippen LogP contribution in [0.4, 0.5) is 0 Å². The summed E-state index contributed by atoms with van der Waals surface area (Å²) in [6.45, 7) is 3.99. The van der Waals surface area contributed by atoms with E-state index in [1.165, 1.54) is 17.4 Å². The normalized spacial score (nSPS) is 13.3. The molecule has 6 heteroatoms. The number of imidazole rings is 1. The molecule has 0 aromatic carbocycles.